The van der Waals surface area contributed by atoms with Gasteiger partial charge in [-0.25, -0.2) is 0 Å². The molecule has 5 heteroatoms. The van der Waals surface area contributed by atoms with Crippen molar-refractivity contribution in [3.8, 4) is 5.75 Å². The highest BCUT2D eigenvalue weighted by Gasteiger charge is 2.36. The molecule has 5 nitrogen and oxygen atoms in total. The summed E-state index contributed by atoms with van der Waals surface area (Å²) in [6.45, 7) is 2.01. The highest BCUT2D eigenvalue weighted by atomic mass is 16.7. The maximum absolute atomic E-state index is 13.0. The number of rotatable bonds is 4. The summed E-state index contributed by atoms with van der Waals surface area (Å²) in [4.78, 5) is 14.9. The number of ether oxygens (including phenoxy) is 3. The highest BCUT2D eigenvalue weighted by Crippen LogP contribution is 2.27. The quantitative estimate of drug-likeness (QED) is 0.839. The second-order valence-electron chi connectivity index (χ2n) is 7.22. The summed E-state index contributed by atoms with van der Waals surface area (Å²) in [5.41, 5.74) is 0.712. The zero-order valence-electron chi connectivity index (χ0n) is 14.7. The normalized spacial score (nSPS) is 25.4. The Labute approximate surface area is 149 Å². The molecule has 0 radical (unpaired) electrons. The third kappa shape index (κ3) is 3.82. The van der Waals surface area contributed by atoms with Crippen LogP contribution in [0.2, 0.25) is 0 Å². The van der Waals surface area contributed by atoms with E-state index >= 15 is 0 Å². The van der Waals surface area contributed by atoms with Crippen molar-refractivity contribution in [2.24, 2.45) is 0 Å². The van der Waals surface area contributed by atoms with Crippen molar-refractivity contribution in [3.05, 3.63) is 29.8 Å². The molecule has 4 rings (SSSR count). The largest absolute Gasteiger partial charge is 0.490 e. The van der Waals surface area contributed by atoms with Crippen LogP contribution in [0.4, 0.5) is 0 Å². The fourth-order valence-electron chi connectivity index (χ4n) is 4.13. The van der Waals surface area contributed by atoms with Crippen LogP contribution in [0.1, 0.15) is 55.3 Å². The van der Waals surface area contributed by atoms with E-state index < -0.39 is 0 Å². The Morgan fingerprint density at radius 3 is 2.36 bits per heavy atom. The van der Waals surface area contributed by atoms with E-state index in [1.807, 2.05) is 29.2 Å². The molecule has 3 fully saturated rings. The molecule has 1 amide bonds. The van der Waals surface area contributed by atoms with Crippen molar-refractivity contribution in [3.63, 3.8) is 0 Å². The standard InChI is InChI=1S/C20H27NO4/c22-19(21-12-4-3-7-18(21)20-23-13-14-24-20)15-8-10-17(11-9-15)25-16-5-1-2-6-16/h8-11,16,18,20H,1-7,12-14H2. The first-order valence-electron chi connectivity index (χ1n) is 9.62. The van der Waals surface area contributed by atoms with Gasteiger partial charge in [0.2, 0.25) is 0 Å². The second kappa shape index (κ2) is 7.75. The summed E-state index contributed by atoms with van der Waals surface area (Å²) in [6, 6.07) is 7.64. The molecular weight excluding hydrogens is 318 g/mol. The van der Waals surface area contributed by atoms with Crippen LogP contribution in [0.25, 0.3) is 0 Å². The highest BCUT2D eigenvalue weighted by molar-refractivity contribution is 5.94. The first-order chi connectivity index (χ1) is 12.3. The van der Waals surface area contributed by atoms with Crippen molar-refractivity contribution in [2.75, 3.05) is 19.8 Å². The van der Waals surface area contributed by atoms with Crippen molar-refractivity contribution in [1.29, 1.82) is 0 Å². The van der Waals surface area contributed by atoms with E-state index in [4.69, 9.17) is 14.2 Å². The summed E-state index contributed by atoms with van der Waals surface area (Å²) >= 11 is 0. The SMILES string of the molecule is O=C(c1ccc(OC2CCCC2)cc1)N1CCCCC1C1OCCO1. The van der Waals surface area contributed by atoms with Crippen LogP contribution >= 0.6 is 0 Å². The van der Waals surface area contributed by atoms with Gasteiger partial charge in [0.1, 0.15) is 5.75 Å². The minimum Gasteiger partial charge on any atom is -0.490 e. The van der Waals surface area contributed by atoms with E-state index in [1.165, 1.54) is 12.8 Å². The van der Waals surface area contributed by atoms with Gasteiger partial charge in [-0.05, 0) is 69.2 Å². The van der Waals surface area contributed by atoms with Crippen LogP contribution < -0.4 is 4.74 Å². The number of likely N-dealkylation sites (tertiary alicyclic amines) is 1. The fraction of sp³-hybridized carbons (Fsp3) is 0.650. The number of amides is 1. The first kappa shape index (κ1) is 16.9. The van der Waals surface area contributed by atoms with Gasteiger partial charge in [-0.1, -0.05) is 0 Å². The van der Waals surface area contributed by atoms with Crippen LogP contribution in [-0.4, -0.2) is 49.0 Å². The third-order valence-electron chi connectivity index (χ3n) is 5.48. The van der Waals surface area contributed by atoms with Gasteiger partial charge in [-0.15, -0.1) is 0 Å². The average Bonchev–Trinajstić information content (AvgIpc) is 3.36. The van der Waals surface area contributed by atoms with Gasteiger partial charge in [0.25, 0.3) is 5.91 Å². The summed E-state index contributed by atoms with van der Waals surface area (Å²) in [7, 11) is 0. The number of benzene rings is 1. The summed E-state index contributed by atoms with van der Waals surface area (Å²) < 4.78 is 17.3. The van der Waals surface area contributed by atoms with Gasteiger partial charge in [0.15, 0.2) is 6.29 Å². The molecule has 1 unspecified atom stereocenters. The number of hydrogen-bond acceptors (Lipinski definition) is 4. The molecule has 1 aliphatic carbocycles. The predicted molar refractivity (Wildman–Crippen MR) is 93.7 cm³/mol. The van der Waals surface area contributed by atoms with Gasteiger partial charge in [0, 0.05) is 12.1 Å². The number of carbonyl (C=O) groups is 1. The minimum absolute atomic E-state index is 0.0261. The molecule has 1 aromatic carbocycles. The molecule has 0 aromatic heterocycles. The summed E-state index contributed by atoms with van der Waals surface area (Å²) in [5, 5.41) is 0. The van der Waals surface area contributed by atoms with Crippen molar-refractivity contribution in [2.45, 2.75) is 63.4 Å². The van der Waals surface area contributed by atoms with Crippen LogP contribution in [0.5, 0.6) is 5.75 Å². The lowest BCUT2D eigenvalue weighted by molar-refractivity contribution is -0.100. The summed E-state index contributed by atoms with van der Waals surface area (Å²) in [5.74, 6) is 0.928. The number of hydrogen-bond donors (Lipinski definition) is 0. The van der Waals surface area contributed by atoms with Crippen LogP contribution in [0.15, 0.2) is 24.3 Å². The molecule has 0 bridgehead atoms. The van der Waals surface area contributed by atoms with E-state index in [9.17, 15) is 4.79 Å². The van der Waals surface area contributed by atoms with E-state index in [1.54, 1.807) is 0 Å². The Hall–Kier alpha value is -1.59. The number of nitrogens with zero attached hydrogens (tertiary/aromatic N) is 1. The van der Waals surface area contributed by atoms with Crippen molar-refractivity contribution in [1.82, 2.24) is 4.90 Å². The topological polar surface area (TPSA) is 48.0 Å². The Balaban J connectivity index is 1.43. The van der Waals surface area contributed by atoms with Crippen LogP contribution in [0, 0.1) is 0 Å². The van der Waals surface area contributed by atoms with Gasteiger partial charge >= 0.3 is 0 Å². The Kier molecular flexibility index (Phi) is 5.22. The molecule has 0 spiro atoms. The molecule has 3 aliphatic rings. The zero-order valence-corrected chi connectivity index (χ0v) is 14.7. The van der Waals surface area contributed by atoms with E-state index in [2.05, 4.69) is 0 Å². The lowest BCUT2D eigenvalue weighted by Gasteiger charge is -2.38. The van der Waals surface area contributed by atoms with Crippen LogP contribution in [0.3, 0.4) is 0 Å². The first-order valence-corrected chi connectivity index (χ1v) is 9.62. The summed E-state index contributed by atoms with van der Waals surface area (Å²) in [6.07, 6.45) is 7.95. The lowest BCUT2D eigenvalue weighted by atomic mass is 10.00. The molecule has 2 aliphatic heterocycles. The van der Waals surface area contributed by atoms with E-state index in [0.717, 1.165) is 44.4 Å². The molecule has 1 atom stereocenters. The van der Waals surface area contributed by atoms with Crippen LogP contribution in [-0.2, 0) is 9.47 Å². The van der Waals surface area contributed by atoms with Gasteiger partial charge in [-0.3, -0.25) is 4.79 Å². The molecule has 1 saturated carbocycles. The molecule has 0 N–H and O–H groups in total. The predicted octanol–water partition coefficient (Wildman–Crippen LogP) is 3.38. The number of piperidine rings is 1. The molecule has 2 heterocycles. The van der Waals surface area contributed by atoms with Crippen molar-refractivity contribution >= 4 is 5.91 Å². The maximum Gasteiger partial charge on any atom is 0.254 e. The maximum atomic E-state index is 13.0. The van der Waals surface area contributed by atoms with Gasteiger partial charge in [0.05, 0.1) is 25.4 Å². The molecule has 1 aromatic rings. The number of carbonyl (C=O) groups excluding carboxylic acids is 1. The average molecular weight is 345 g/mol. The smallest absolute Gasteiger partial charge is 0.254 e. The molecule has 136 valence electrons. The lowest BCUT2D eigenvalue weighted by Crippen LogP contribution is -2.50. The molecular formula is C20H27NO4. The zero-order chi connectivity index (χ0) is 17.1. The van der Waals surface area contributed by atoms with Gasteiger partial charge < -0.3 is 19.1 Å². The molecule has 25 heavy (non-hydrogen) atoms. The van der Waals surface area contributed by atoms with E-state index in [-0.39, 0.29) is 18.2 Å². The van der Waals surface area contributed by atoms with Crippen molar-refractivity contribution < 1.29 is 19.0 Å². The monoisotopic (exact) mass is 345 g/mol. The molecule has 2 saturated heterocycles. The minimum atomic E-state index is -0.269. The van der Waals surface area contributed by atoms with E-state index in [0.29, 0.717) is 24.9 Å². The third-order valence-corrected chi connectivity index (χ3v) is 5.48. The van der Waals surface area contributed by atoms with Gasteiger partial charge in [-0.2, -0.15) is 0 Å². The fourth-order valence-corrected chi connectivity index (χ4v) is 4.13. The Bertz CT molecular complexity index is 576. The Morgan fingerprint density at radius 2 is 1.64 bits per heavy atom. The second-order valence-corrected chi connectivity index (χ2v) is 7.22. The Morgan fingerprint density at radius 1 is 0.960 bits per heavy atom.